The van der Waals surface area contributed by atoms with Crippen LogP contribution in [0.25, 0.3) is 0 Å². The molecule has 0 aliphatic carbocycles. The first-order chi connectivity index (χ1) is 9.97. The lowest BCUT2D eigenvalue weighted by Crippen LogP contribution is -2.20. The van der Waals surface area contributed by atoms with Crippen LogP contribution in [0.1, 0.15) is 10.4 Å². The van der Waals surface area contributed by atoms with Crippen molar-refractivity contribution >= 4 is 29.1 Å². The van der Waals surface area contributed by atoms with Crippen molar-refractivity contribution in [2.75, 3.05) is 16.4 Å². The summed E-state index contributed by atoms with van der Waals surface area (Å²) in [6.07, 6.45) is 0. The van der Waals surface area contributed by atoms with Gasteiger partial charge in [0.2, 0.25) is 0 Å². The molecule has 0 bridgehead atoms. The van der Waals surface area contributed by atoms with Crippen molar-refractivity contribution in [3.8, 4) is 5.75 Å². The Kier molecular flexibility index (Phi) is 3.94. The molecule has 0 radical (unpaired) electrons. The average molecular weight is 287 g/mol. The van der Waals surface area contributed by atoms with Crippen molar-refractivity contribution in [2.45, 2.75) is 0 Å². The number of hydrogen-bond acceptors (Lipinski definition) is 4. The third-order valence-electron chi connectivity index (χ3n) is 2.70. The summed E-state index contributed by atoms with van der Waals surface area (Å²) in [6.45, 7) is 0. The molecule has 0 heterocycles. The summed E-state index contributed by atoms with van der Waals surface area (Å²) in [5.74, 6) is -1.51. The van der Waals surface area contributed by atoms with E-state index in [0.29, 0.717) is 11.4 Å². The molecule has 21 heavy (non-hydrogen) atoms. The molecule has 0 aliphatic heterocycles. The zero-order valence-electron chi connectivity index (χ0n) is 10.8. The molecule has 0 unspecified atom stereocenters. The minimum atomic E-state index is -1.17. The van der Waals surface area contributed by atoms with Crippen LogP contribution < -0.4 is 16.4 Å². The Labute approximate surface area is 120 Å². The minimum absolute atomic E-state index is 0.0780. The highest BCUT2D eigenvalue weighted by atomic mass is 16.4. The summed E-state index contributed by atoms with van der Waals surface area (Å²) >= 11 is 0. The fourth-order valence-electron chi connectivity index (χ4n) is 1.66. The third kappa shape index (κ3) is 3.41. The van der Waals surface area contributed by atoms with Gasteiger partial charge in [-0.25, -0.2) is 9.59 Å². The molecule has 108 valence electrons. The van der Waals surface area contributed by atoms with Crippen LogP contribution in [0.3, 0.4) is 0 Å². The summed E-state index contributed by atoms with van der Waals surface area (Å²) in [7, 11) is 0. The minimum Gasteiger partial charge on any atom is -0.506 e. The number of amides is 2. The first-order valence-electron chi connectivity index (χ1n) is 5.96. The first-order valence-corrected chi connectivity index (χ1v) is 5.96. The predicted molar refractivity (Wildman–Crippen MR) is 78.6 cm³/mol. The number of carboxylic acid groups (broad SMARTS) is 1. The maximum absolute atomic E-state index is 11.8. The van der Waals surface area contributed by atoms with Crippen LogP contribution in [-0.4, -0.2) is 22.2 Å². The number of aromatic hydroxyl groups is 1. The predicted octanol–water partition coefficient (Wildman–Crippen LogP) is 2.32. The Hall–Kier alpha value is -3.22. The molecular weight excluding hydrogens is 274 g/mol. The molecule has 0 saturated heterocycles. The summed E-state index contributed by atoms with van der Waals surface area (Å²) in [6, 6.07) is 9.72. The molecule has 7 nitrogen and oxygen atoms in total. The molecular formula is C14H13N3O4. The second-order valence-electron chi connectivity index (χ2n) is 4.20. The monoisotopic (exact) mass is 287 g/mol. The average Bonchev–Trinajstić information content (AvgIpc) is 2.43. The van der Waals surface area contributed by atoms with E-state index in [2.05, 4.69) is 10.6 Å². The number of phenols is 1. The van der Waals surface area contributed by atoms with E-state index in [9.17, 15) is 14.7 Å². The molecule has 0 saturated carbocycles. The van der Waals surface area contributed by atoms with E-state index in [4.69, 9.17) is 10.8 Å². The second-order valence-corrected chi connectivity index (χ2v) is 4.20. The fraction of sp³-hybridized carbons (Fsp3) is 0. The normalized spacial score (nSPS) is 9.90. The van der Waals surface area contributed by atoms with E-state index in [1.807, 2.05) is 0 Å². The van der Waals surface area contributed by atoms with Gasteiger partial charge in [-0.2, -0.15) is 0 Å². The summed E-state index contributed by atoms with van der Waals surface area (Å²) in [4.78, 5) is 22.5. The number of para-hydroxylation sites is 2. The lowest BCUT2D eigenvalue weighted by atomic mass is 10.2. The van der Waals surface area contributed by atoms with Crippen LogP contribution >= 0.6 is 0 Å². The molecule has 0 fully saturated rings. The summed E-state index contributed by atoms with van der Waals surface area (Å²) < 4.78 is 0. The highest BCUT2D eigenvalue weighted by Gasteiger charge is 2.10. The van der Waals surface area contributed by atoms with Gasteiger partial charge in [0.15, 0.2) is 0 Å². The van der Waals surface area contributed by atoms with Gasteiger partial charge in [0, 0.05) is 0 Å². The Morgan fingerprint density at radius 3 is 2.29 bits per heavy atom. The van der Waals surface area contributed by atoms with Gasteiger partial charge in [0.05, 0.1) is 22.6 Å². The number of carboxylic acids is 1. The molecule has 0 aliphatic rings. The van der Waals surface area contributed by atoms with Crippen molar-refractivity contribution < 1.29 is 19.8 Å². The largest absolute Gasteiger partial charge is 0.506 e. The molecule has 2 rings (SSSR count). The smallest absolute Gasteiger partial charge is 0.335 e. The molecule has 7 heteroatoms. The van der Waals surface area contributed by atoms with Crippen LogP contribution in [0.5, 0.6) is 5.75 Å². The molecule has 6 N–H and O–H groups in total. The van der Waals surface area contributed by atoms with E-state index in [1.54, 1.807) is 24.3 Å². The Bertz CT molecular complexity index is 700. The lowest BCUT2D eigenvalue weighted by Gasteiger charge is -2.10. The summed E-state index contributed by atoms with van der Waals surface area (Å²) in [5.41, 5.74) is 6.53. The van der Waals surface area contributed by atoms with E-state index in [-0.39, 0.29) is 17.0 Å². The highest BCUT2D eigenvalue weighted by Crippen LogP contribution is 2.25. The zero-order valence-corrected chi connectivity index (χ0v) is 10.8. The SMILES string of the molecule is Nc1ccccc1NC(=O)Nc1ccc(C(=O)O)cc1O. The second kappa shape index (κ2) is 5.83. The number of nitrogens with two attached hydrogens (primary N) is 1. The number of nitrogen functional groups attached to an aromatic ring is 1. The summed E-state index contributed by atoms with van der Waals surface area (Å²) in [5, 5.41) is 23.4. The van der Waals surface area contributed by atoms with Crippen LogP contribution in [-0.2, 0) is 0 Å². The Balaban J connectivity index is 2.10. The van der Waals surface area contributed by atoms with Gasteiger partial charge in [0.1, 0.15) is 5.75 Å². The number of nitrogens with one attached hydrogen (secondary N) is 2. The molecule has 0 aromatic heterocycles. The topological polar surface area (TPSA) is 125 Å². The van der Waals surface area contributed by atoms with Crippen LogP contribution in [0, 0.1) is 0 Å². The molecule has 2 amide bonds. The van der Waals surface area contributed by atoms with Crippen molar-refractivity contribution in [3.05, 3.63) is 48.0 Å². The van der Waals surface area contributed by atoms with Crippen LogP contribution in [0.4, 0.5) is 21.9 Å². The van der Waals surface area contributed by atoms with Gasteiger partial charge in [-0.1, -0.05) is 12.1 Å². The maximum Gasteiger partial charge on any atom is 0.335 e. The number of aromatic carboxylic acids is 1. The maximum atomic E-state index is 11.8. The van der Waals surface area contributed by atoms with Crippen LogP contribution in [0.15, 0.2) is 42.5 Å². The quantitative estimate of drug-likeness (QED) is 0.437. The number of rotatable bonds is 3. The van der Waals surface area contributed by atoms with E-state index >= 15 is 0 Å². The molecule has 0 atom stereocenters. The van der Waals surface area contributed by atoms with Gasteiger partial charge in [-0.3, -0.25) is 0 Å². The number of urea groups is 1. The number of phenolic OH excluding ortho intramolecular Hbond substituents is 1. The van der Waals surface area contributed by atoms with Gasteiger partial charge in [0.25, 0.3) is 0 Å². The van der Waals surface area contributed by atoms with E-state index in [0.717, 1.165) is 6.07 Å². The van der Waals surface area contributed by atoms with Gasteiger partial charge in [-0.15, -0.1) is 0 Å². The van der Waals surface area contributed by atoms with Gasteiger partial charge in [-0.05, 0) is 30.3 Å². The standard InChI is InChI=1S/C14H13N3O4/c15-9-3-1-2-4-10(9)16-14(21)17-11-6-5-8(13(19)20)7-12(11)18/h1-7,18H,15H2,(H,19,20)(H2,16,17,21). The van der Waals surface area contributed by atoms with Gasteiger partial charge < -0.3 is 26.6 Å². The van der Waals surface area contributed by atoms with Crippen molar-refractivity contribution in [1.82, 2.24) is 0 Å². The van der Waals surface area contributed by atoms with Crippen molar-refractivity contribution in [3.63, 3.8) is 0 Å². The Morgan fingerprint density at radius 1 is 1.00 bits per heavy atom. The fourth-order valence-corrected chi connectivity index (χ4v) is 1.66. The van der Waals surface area contributed by atoms with Crippen molar-refractivity contribution in [2.24, 2.45) is 0 Å². The Morgan fingerprint density at radius 2 is 1.67 bits per heavy atom. The van der Waals surface area contributed by atoms with E-state index < -0.39 is 12.0 Å². The van der Waals surface area contributed by atoms with Crippen LogP contribution in [0.2, 0.25) is 0 Å². The molecule has 2 aromatic carbocycles. The number of hydrogen-bond donors (Lipinski definition) is 5. The number of benzene rings is 2. The molecule has 2 aromatic rings. The van der Waals surface area contributed by atoms with E-state index in [1.165, 1.54) is 12.1 Å². The van der Waals surface area contributed by atoms with Gasteiger partial charge >= 0.3 is 12.0 Å². The molecule has 0 spiro atoms. The lowest BCUT2D eigenvalue weighted by molar-refractivity contribution is 0.0696. The first kappa shape index (κ1) is 14.2. The third-order valence-corrected chi connectivity index (χ3v) is 2.70. The number of carbonyl (C=O) groups is 2. The zero-order chi connectivity index (χ0) is 15.4. The number of carbonyl (C=O) groups excluding carboxylic acids is 1. The van der Waals surface area contributed by atoms with Crippen molar-refractivity contribution in [1.29, 1.82) is 0 Å². The highest BCUT2D eigenvalue weighted by molar-refractivity contribution is 6.02. The number of anilines is 3.